The maximum Gasteiger partial charge on any atom is 0.420 e. The lowest BCUT2D eigenvalue weighted by atomic mass is 10.00. The summed E-state index contributed by atoms with van der Waals surface area (Å²) in [4.78, 5) is 31.6. The molecule has 1 aliphatic heterocycles. The van der Waals surface area contributed by atoms with Crippen LogP contribution in [0.4, 0.5) is 0 Å². The van der Waals surface area contributed by atoms with E-state index in [-0.39, 0.29) is 18.4 Å². The predicted octanol–water partition coefficient (Wildman–Crippen LogP) is 2.33. The third-order valence-corrected chi connectivity index (χ3v) is 5.50. The van der Waals surface area contributed by atoms with Gasteiger partial charge in [-0.2, -0.15) is 4.98 Å². The Morgan fingerprint density at radius 2 is 2.07 bits per heavy atom. The number of fused-ring (bicyclic) bond motifs is 1. The van der Waals surface area contributed by atoms with Crippen LogP contribution in [0.1, 0.15) is 11.8 Å². The lowest BCUT2D eigenvalue weighted by Crippen LogP contribution is -2.50. The zero-order valence-electron chi connectivity index (χ0n) is 14.1. The fraction of sp³-hybridized carbons (Fsp3) is 0.222. The largest absolute Gasteiger partial charge is 0.420 e. The third-order valence-electron chi connectivity index (χ3n) is 4.63. The van der Waals surface area contributed by atoms with E-state index in [9.17, 15) is 9.59 Å². The van der Waals surface area contributed by atoms with Crippen molar-refractivity contribution in [2.45, 2.75) is 12.5 Å². The van der Waals surface area contributed by atoms with Gasteiger partial charge < -0.3 is 13.8 Å². The van der Waals surface area contributed by atoms with E-state index in [2.05, 4.69) is 10.1 Å². The van der Waals surface area contributed by atoms with Crippen LogP contribution in [0.5, 0.6) is 0 Å². The number of rotatable bonds is 4. The molecule has 1 aromatic carbocycles. The average molecular weight is 382 g/mol. The third kappa shape index (κ3) is 2.76. The van der Waals surface area contributed by atoms with Crippen LogP contribution in [0, 0.1) is 0 Å². The number of amides is 1. The first-order chi connectivity index (χ1) is 13.2. The summed E-state index contributed by atoms with van der Waals surface area (Å²) in [6.07, 6.45) is 0. The number of carbonyl (C=O) groups excluding carboxylic acids is 1. The number of para-hydroxylation sites is 2. The predicted molar refractivity (Wildman–Crippen MR) is 97.4 cm³/mol. The number of thiophene rings is 1. The van der Waals surface area contributed by atoms with Crippen LogP contribution in [0.2, 0.25) is 0 Å². The lowest BCUT2D eigenvalue weighted by Gasteiger charge is -2.37. The first kappa shape index (κ1) is 16.0. The minimum atomic E-state index is -0.529. The Labute approximate surface area is 156 Å². The van der Waals surface area contributed by atoms with Gasteiger partial charge >= 0.3 is 5.76 Å². The highest BCUT2D eigenvalue weighted by Gasteiger charge is 2.36. The molecule has 1 fully saturated rings. The van der Waals surface area contributed by atoms with Gasteiger partial charge in [-0.1, -0.05) is 23.4 Å². The van der Waals surface area contributed by atoms with Crippen LogP contribution in [0.25, 0.3) is 21.8 Å². The standard InChI is InChI=1S/C18H14N4O4S/c23-15(10-22-12-4-1-2-5-13(12)25-18(22)24)21-8-11(9-21)17-19-16(20-26-17)14-6-3-7-27-14/h1-7,11H,8-10H2. The molecule has 4 aromatic rings. The van der Waals surface area contributed by atoms with Crippen molar-refractivity contribution >= 4 is 28.3 Å². The Bertz CT molecular complexity index is 1170. The molecule has 5 rings (SSSR count). The van der Waals surface area contributed by atoms with E-state index in [4.69, 9.17) is 8.94 Å². The second kappa shape index (κ2) is 6.20. The Balaban J connectivity index is 1.26. The van der Waals surface area contributed by atoms with Crippen LogP contribution in [-0.4, -0.2) is 38.6 Å². The fourth-order valence-corrected chi connectivity index (χ4v) is 3.79. The molecule has 1 amide bonds. The Kier molecular flexibility index (Phi) is 3.68. The minimum Gasteiger partial charge on any atom is -0.408 e. The van der Waals surface area contributed by atoms with Gasteiger partial charge in [-0.15, -0.1) is 11.3 Å². The maximum atomic E-state index is 12.5. The van der Waals surface area contributed by atoms with Gasteiger partial charge in [0.05, 0.1) is 16.3 Å². The van der Waals surface area contributed by atoms with Crippen molar-refractivity contribution in [3.63, 3.8) is 0 Å². The van der Waals surface area contributed by atoms with Crippen molar-refractivity contribution in [1.82, 2.24) is 19.6 Å². The topological polar surface area (TPSA) is 94.4 Å². The molecule has 4 heterocycles. The molecule has 0 aliphatic carbocycles. The van der Waals surface area contributed by atoms with Gasteiger partial charge in [-0.3, -0.25) is 9.36 Å². The molecule has 27 heavy (non-hydrogen) atoms. The van der Waals surface area contributed by atoms with Gasteiger partial charge in [0.15, 0.2) is 5.58 Å². The molecule has 8 nitrogen and oxygen atoms in total. The van der Waals surface area contributed by atoms with Crippen molar-refractivity contribution < 1.29 is 13.7 Å². The number of hydrogen-bond donors (Lipinski definition) is 0. The number of oxazole rings is 1. The molecule has 9 heteroatoms. The number of carbonyl (C=O) groups is 1. The number of nitrogens with zero attached hydrogens (tertiary/aromatic N) is 4. The van der Waals surface area contributed by atoms with E-state index in [1.54, 1.807) is 40.5 Å². The highest BCUT2D eigenvalue weighted by atomic mass is 32.1. The second-order valence-electron chi connectivity index (χ2n) is 6.35. The Hall–Kier alpha value is -3.20. The van der Waals surface area contributed by atoms with Crippen molar-refractivity contribution in [3.8, 4) is 10.7 Å². The number of hydrogen-bond acceptors (Lipinski definition) is 7. The zero-order valence-corrected chi connectivity index (χ0v) is 14.9. The molecule has 0 bridgehead atoms. The molecular formula is C18H14N4O4S. The highest BCUT2D eigenvalue weighted by Crippen LogP contribution is 2.29. The van der Waals surface area contributed by atoms with Crippen LogP contribution in [0.3, 0.4) is 0 Å². The van der Waals surface area contributed by atoms with Crippen molar-refractivity contribution in [2.24, 2.45) is 0 Å². The van der Waals surface area contributed by atoms with E-state index < -0.39 is 5.76 Å². The molecule has 0 radical (unpaired) electrons. The van der Waals surface area contributed by atoms with Crippen LogP contribution in [0.15, 0.2) is 55.5 Å². The van der Waals surface area contributed by atoms with Gasteiger partial charge in [0.2, 0.25) is 17.6 Å². The summed E-state index contributed by atoms with van der Waals surface area (Å²) >= 11 is 1.55. The SMILES string of the molecule is O=C(Cn1c(=O)oc2ccccc21)N1CC(c2nc(-c3cccs3)no2)C1. The summed E-state index contributed by atoms with van der Waals surface area (Å²) in [5, 5.41) is 5.96. The van der Waals surface area contributed by atoms with Gasteiger partial charge in [0, 0.05) is 13.1 Å². The molecule has 3 aromatic heterocycles. The zero-order chi connectivity index (χ0) is 18.4. The van der Waals surface area contributed by atoms with E-state index in [0.29, 0.717) is 35.9 Å². The molecule has 0 N–H and O–H groups in total. The molecule has 0 spiro atoms. The number of likely N-dealkylation sites (tertiary alicyclic amines) is 1. The summed E-state index contributed by atoms with van der Waals surface area (Å²) in [5.74, 6) is 0.458. The average Bonchev–Trinajstić information content (AvgIpc) is 3.35. The molecule has 0 atom stereocenters. The smallest absolute Gasteiger partial charge is 0.408 e. The van der Waals surface area contributed by atoms with E-state index in [0.717, 1.165) is 4.88 Å². The maximum absolute atomic E-state index is 12.5. The van der Waals surface area contributed by atoms with Crippen LogP contribution in [-0.2, 0) is 11.3 Å². The second-order valence-corrected chi connectivity index (χ2v) is 7.30. The van der Waals surface area contributed by atoms with Gasteiger partial charge in [-0.25, -0.2) is 4.79 Å². The van der Waals surface area contributed by atoms with Gasteiger partial charge in [0.1, 0.15) is 6.54 Å². The minimum absolute atomic E-state index is 0.0213. The van der Waals surface area contributed by atoms with Crippen molar-refractivity contribution in [2.75, 3.05) is 13.1 Å². The normalized spacial score (nSPS) is 14.6. The Morgan fingerprint density at radius 1 is 1.22 bits per heavy atom. The lowest BCUT2D eigenvalue weighted by molar-refractivity contribution is -0.136. The van der Waals surface area contributed by atoms with Gasteiger partial charge in [0.25, 0.3) is 0 Å². The summed E-state index contributed by atoms with van der Waals surface area (Å²) in [6.45, 7) is 0.942. The van der Waals surface area contributed by atoms with Crippen LogP contribution >= 0.6 is 11.3 Å². The summed E-state index contributed by atoms with van der Waals surface area (Å²) < 4.78 is 11.9. The summed E-state index contributed by atoms with van der Waals surface area (Å²) in [5.41, 5.74) is 1.09. The van der Waals surface area contributed by atoms with Crippen molar-refractivity contribution in [1.29, 1.82) is 0 Å². The first-order valence-corrected chi connectivity index (χ1v) is 9.30. The molecular weight excluding hydrogens is 368 g/mol. The number of aromatic nitrogens is 3. The van der Waals surface area contributed by atoms with Crippen molar-refractivity contribution in [3.05, 3.63) is 58.2 Å². The summed E-state index contributed by atoms with van der Waals surface area (Å²) in [6, 6.07) is 10.9. The molecule has 1 saturated heterocycles. The van der Waals surface area contributed by atoms with E-state index in [1.807, 2.05) is 17.5 Å². The van der Waals surface area contributed by atoms with E-state index in [1.165, 1.54) is 4.57 Å². The van der Waals surface area contributed by atoms with Gasteiger partial charge in [-0.05, 0) is 23.6 Å². The van der Waals surface area contributed by atoms with E-state index >= 15 is 0 Å². The molecule has 0 unspecified atom stereocenters. The highest BCUT2D eigenvalue weighted by molar-refractivity contribution is 7.13. The first-order valence-electron chi connectivity index (χ1n) is 8.42. The monoisotopic (exact) mass is 382 g/mol. The number of benzene rings is 1. The summed E-state index contributed by atoms with van der Waals surface area (Å²) in [7, 11) is 0. The molecule has 0 saturated carbocycles. The Morgan fingerprint density at radius 3 is 2.89 bits per heavy atom. The molecule has 136 valence electrons. The van der Waals surface area contributed by atoms with Crippen LogP contribution < -0.4 is 5.76 Å². The molecule has 1 aliphatic rings. The quantitative estimate of drug-likeness (QED) is 0.538. The fourth-order valence-electron chi connectivity index (χ4n) is 3.14.